The van der Waals surface area contributed by atoms with E-state index in [0.29, 0.717) is 36.7 Å². The van der Waals surface area contributed by atoms with Crippen molar-refractivity contribution in [2.75, 3.05) is 18.8 Å². The van der Waals surface area contributed by atoms with Crippen LogP contribution in [0, 0.1) is 0 Å². The minimum Gasteiger partial charge on any atom is -0.439 e. The van der Waals surface area contributed by atoms with Crippen molar-refractivity contribution >= 4 is 11.8 Å². The Morgan fingerprint density at radius 3 is 2.30 bits per heavy atom. The van der Waals surface area contributed by atoms with Crippen LogP contribution in [0.4, 0.5) is 23.7 Å². The van der Waals surface area contributed by atoms with Gasteiger partial charge in [0.1, 0.15) is 11.5 Å². The van der Waals surface area contributed by atoms with Crippen LogP contribution in [0.3, 0.4) is 0 Å². The molecule has 0 unspecified atom stereocenters. The molecule has 1 aliphatic rings. The number of hydrogen-bond donors (Lipinski definition) is 1. The van der Waals surface area contributed by atoms with Crippen molar-refractivity contribution in [3.05, 3.63) is 78.0 Å². The Hall–Kier alpha value is -3.75. The quantitative estimate of drug-likeness (QED) is 0.497. The molecule has 6 nitrogen and oxygen atoms in total. The first-order valence-corrected chi connectivity index (χ1v) is 10.4. The molecule has 0 radical (unpaired) electrons. The number of amides is 1. The number of ether oxygens (including phenoxy) is 2. The number of rotatable bonds is 4. The maximum absolute atomic E-state index is 12.6. The van der Waals surface area contributed by atoms with Gasteiger partial charge in [-0.05, 0) is 66.8 Å². The van der Waals surface area contributed by atoms with Gasteiger partial charge in [0.15, 0.2) is 0 Å². The largest absolute Gasteiger partial charge is 0.439 e. The highest BCUT2D eigenvalue weighted by molar-refractivity contribution is 5.71. The smallest absolute Gasteiger partial charge is 0.417 e. The predicted octanol–water partition coefficient (Wildman–Crippen LogP) is 5.85. The van der Waals surface area contributed by atoms with E-state index in [1.165, 1.54) is 5.56 Å². The number of aromatic nitrogens is 1. The van der Waals surface area contributed by atoms with E-state index < -0.39 is 17.8 Å². The summed E-state index contributed by atoms with van der Waals surface area (Å²) in [5.41, 5.74) is 6.93. The Morgan fingerprint density at radius 1 is 1.00 bits per heavy atom. The third-order valence-electron chi connectivity index (χ3n) is 5.45. The maximum atomic E-state index is 12.6. The van der Waals surface area contributed by atoms with Crippen LogP contribution in [-0.4, -0.2) is 29.1 Å². The van der Waals surface area contributed by atoms with Gasteiger partial charge in [-0.25, -0.2) is 9.78 Å². The number of nitrogen functional groups attached to an aromatic ring is 1. The second-order valence-corrected chi connectivity index (χ2v) is 7.76. The molecule has 1 aliphatic heterocycles. The number of pyridine rings is 1. The zero-order valence-corrected chi connectivity index (χ0v) is 17.6. The van der Waals surface area contributed by atoms with Gasteiger partial charge in [-0.3, -0.25) is 0 Å². The fourth-order valence-electron chi connectivity index (χ4n) is 3.68. The molecule has 2 heterocycles. The van der Waals surface area contributed by atoms with E-state index in [0.717, 1.165) is 30.7 Å². The van der Waals surface area contributed by atoms with Crippen LogP contribution in [0.5, 0.6) is 17.4 Å². The first kappa shape index (κ1) is 22.4. The van der Waals surface area contributed by atoms with Crippen molar-refractivity contribution < 1.29 is 27.4 Å². The van der Waals surface area contributed by atoms with Crippen LogP contribution in [0.25, 0.3) is 0 Å². The fourth-order valence-corrected chi connectivity index (χ4v) is 3.68. The molecule has 0 atom stereocenters. The van der Waals surface area contributed by atoms with Crippen molar-refractivity contribution in [2.45, 2.75) is 24.9 Å². The highest BCUT2D eigenvalue weighted by Gasteiger charge is 2.30. The molecule has 2 aromatic carbocycles. The highest BCUT2D eigenvalue weighted by Crippen LogP contribution is 2.31. The Kier molecular flexibility index (Phi) is 6.39. The lowest BCUT2D eigenvalue weighted by Gasteiger charge is -2.31. The van der Waals surface area contributed by atoms with Gasteiger partial charge in [0.05, 0.1) is 5.56 Å². The van der Waals surface area contributed by atoms with Gasteiger partial charge in [0.2, 0.25) is 5.88 Å². The van der Waals surface area contributed by atoms with Crippen LogP contribution in [0.15, 0.2) is 66.9 Å². The molecule has 172 valence electrons. The summed E-state index contributed by atoms with van der Waals surface area (Å²) < 4.78 is 48.7. The molecule has 9 heteroatoms. The summed E-state index contributed by atoms with van der Waals surface area (Å²) in [5.74, 6) is 1.07. The number of anilines is 1. The Balaban J connectivity index is 1.29. The molecule has 4 rings (SSSR count). The maximum Gasteiger partial charge on any atom is 0.417 e. The summed E-state index contributed by atoms with van der Waals surface area (Å²) in [6.07, 6.45) is -2.53. The van der Waals surface area contributed by atoms with Crippen LogP contribution < -0.4 is 15.2 Å². The van der Waals surface area contributed by atoms with Gasteiger partial charge < -0.3 is 20.1 Å². The molecule has 1 aromatic heterocycles. The standard InChI is InChI=1S/C24H22F3N3O3/c25-24(26,27)18-4-9-22(29-15-18)32-20-5-7-21(8-6-20)33-23(31)30-12-10-16(11-13-30)17-2-1-3-19(28)14-17/h1-9,14-16H,10-13,28H2. The number of halogens is 3. The van der Waals surface area contributed by atoms with E-state index in [-0.39, 0.29) is 5.88 Å². The first-order chi connectivity index (χ1) is 15.8. The van der Waals surface area contributed by atoms with Crippen LogP contribution in [0.2, 0.25) is 0 Å². The molecule has 0 bridgehead atoms. The van der Waals surface area contributed by atoms with Crippen molar-refractivity contribution in [3.63, 3.8) is 0 Å². The Labute approximate surface area is 188 Å². The lowest BCUT2D eigenvalue weighted by atomic mass is 9.89. The number of piperidine rings is 1. The first-order valence-electron chi connectivity index (χ1n) is 10.4. The number of likely N-dealkylation sites (tertiary alicyclic amines) is 1. The van der Waals surface area contributed by atoms with Crippen molar-refractivity contribution in [1.82, 2.24) is 9.88 Å². The number of nitrogens with two attached hydrogens (primary N) is 1. The molecule has 1 amide bonds. The number of carbonyl (C=O) groups is 1. The van der Waals surface area contributed by atoms with Gasteiger partial charge in [0, 0.05) is 31.0 Å². The van der Waals surface area contributed by atoms with Crippen molar-refractivity contribution in [2.24, 2.45) is 0 Å². The van der Waals surface area contributed by atoms with Gasteiger partial charge in [-0.15, -0.1) is 0 Å². The van der Waals surface area contributed by atoms with E-state index in [2.05, 4.69) is 11.1 Å². The summed E-state index contributed by atoms with van der Waals surface area (Å²) in [6, 6.07) is 16.1. The molecule has 1 fully saturated rings. The Bertz CT molecular complexity index is 1090. The summed E-state index contributed by atoms with van der Waals surface area (Å²) in [5, 5.41) is 0. The molecule has 2 N–H and O–H groups in total. The number of carbonyl (C=O) groups excluding carboxylic acids is 1. The van der Waals surface area contributed by atoms with E-state index >= 15 is 0 Å². The lowest BCUT2D eigenvalue weighted by molar-refractivity contribution is -0.137. The van der Waals surface area contributed by atoms with Crippen LogP contribution in [0.1, 0.15) is 29.9 Å². The SMILES string of the molecule is Nc1cccc(C2CCN(C(=O)Oc3ccc(Oc4ccc(C(F)(F)F)cn4)cc3)CC2)c1. The van der Waals surface area contributed by atoms with Gasteiger partial charge in [-0.2, -0.15) is 13.2 Å². The van der Waals surface area contributed by atoms with E-state index in [4.69, 9.17) is 15.2 Å². The molecule has 0 spiro atoms. The average Bonchev–Trinajstić information content (AvgIpc) is 2.80. The molecule has 33 heavy (non-hydrogen) atoms. The van der Waals surface area contributed by atoms with E-state index in [9.17, 15) is 18.0 Å². The average molecular weight is 457 g/mol. The zero-order valence-electron chi connectivity index (χ0n) is 17.6. The summed E-state index contributed by atoms with van der Waals surface area (Å²) in [7, 11) is 0. The summed E-state index contributed by atoms with van der Waals surface area (Å²) in [4.78, 5) is 17.8. The molecular formula is C24H22F3N3O3. The molecule has 0 aliphatic carbocycles. The third-order valence-corrected chi connectivity index (χ3v) is 5.45. The van der Waals surface area contributed by atoms with Gasteiger partial charge in [0.25, 0.3) is 0 Å². The second kappa shape index (κ2) is 9.40. The van der Waals surface area contributed by atoms with Crippen LogP contribution >= 0.6 is 0 Å². The van der Waals surface area contributed by atoms with E-state index in [1.54, 1.807) is 29.2 Å². The minimum absolute atomic E-state index is 0.0239. The van der Waals surface area contributed by atoms with Gasteiger partial charge in [-0.1, -0.05) is 12.1 Å². The second-order valence-electron chi connectivity index (χ2n) is 7.76. The molecule has 3 aromatic rings. The van der Waals surface area contributed by atoms with Crippen molar-refractivity contribution in [3.8, 4) is 17.4 Å². The number of nitrogens with zero attached hydrogens (tertiary/aromatic N) is 2. The summed E-state index contributed by atoms with van der Waals surface area (Å²) in [6.45, 7) is 1.16. The highest BCUT2D eigenvalue weighted by atomic mass is 19.4. The molecule has 0 saturated carbocycles. The monoisotopic (exact) mass is 457 g/mol. The normalized spacial score (nSPS) is 14.7. The summed E-state index contributed by atoms with van der Waals surface area (Å²) >= 11 is 0. The fraction of sp³-hybridized carbons (Fsp3) is 0.250. The minimum atomic E-state index is -4.46. The van der Waals surface area contributed by atoms with Gasteiger partial charge >= 0.3 is 12.3 Å². The van der Waals surface area contributed by atoms with Crippen molar-refractivity contribution in [1.29, 1.82) is 0 Å². The third kappa shape index (κ3) is 5.74. The predicted molar refractivity (Wildman–Crippen MR) is 116 cm³/mol. The Morgan fingerprint density at radius 2 is 1.70 bits per heavy atom. The zero-order chi connectivity index (χ0) is 23.4. The number of hydrogen-bond acceptors (Lipinski definition) is 5. The van der Waals surface area contributed by atoms with E-state index in [1.807, 2.05) is 18.2 Å². The molecular weight excluding hydrogens is 435 g/mol. The number of benzene rings is 2. The van der Waals surface area contributed by atoms with Crippen LogP contribution in [-0.2, 0) is 6.18 Å². The lowest BCUT2D eigenvalue weighted by Crippen LogP contribution is -2.39. The number of alkyl halides is 3. The molecule has 1 saturated heterocycles. The topological polar surface area (TPSA) is 77.7 Å².